The quantitative estimate of drug-likeness (QED) is 0.172. The van der Waals surface area contributed by atoms with Crippen LogP contribution >= 0.6 is 11.6 Å². The van der Waals surface area contributed by atoms with E-state index in [2.05, 4.69) is 35.6 Å². The predicted octanol–water partition coefficient (Wildman–Crippen LogP) is 6.79. The molecule has 1 aromatic carbocycles. The number of amides is 1. The average Bonchev–Trinajstić information content (AvgIpc) is 2.87. The molecule has 1 atom stereocenters. The molecule has 4 fully saturated rings. The fourth-order valence-electron chi connectivity index (χ4n) is 7.67. The van der Waals surface area contributed by atoms with Crippen molar-refractivity contribution in [2.45, 2.75) is 83.5 Å². The maximum atomic E-state index is 13.2. The van der Waals surface area contributed by atoms with Crippen molar-refractivity contribution in [2.75, 3.05) is 38.9 Å². The van der Waals surface area contributed by atoms with Gasteiger partial charge >= 0.3 is 0 Å². The molecule has 36 heavy (non-hydrogen) atoms. The summed E-state index contributed by atoms with van der Waals surface area (Å²) in [6.07, 6.45) is 16.3. The molecule has 0 spiro atoms. The van der Waals surface area contributed by atoms with Crippen molar-refractivity contribution in [3.05, 3.63) is 35.9 Å². The maximum absolute atomic E-state index is 13.2. The smallest absolute Gasteiger partial charge is 0.223 e. The van der Waals surface area contributed by atoms with Gasteiger partial charge in [-0.05, 0) is 99.4 Å². The zero-order valence-electron chi connectivity index (χ0n) is 22.2. The molecule has 0 radical (unpaired) electrons. The Bertz CT molecular complexity index is 735. The summed E-state index contributed by atoms with van der Waals surface area (Å²) in [4.78, 5) is 13.2. The molecule has 4 aliphatic rings. The van der Waals surface area contributed by atoms with Crippen LogP contribution in [-0.4, -0.2) is 44.8 Å². The second-order valence-electron chi connectivity index (χ2n) is 12.0. The van der Waals surface area contributed by atoms with Crippen molar-refractivity contribution in [3.63, 3.8) is 0 Å². The first-order chi connectivity index (χ1) is 17.7. The lowest BCUT2D eigenvalue weighted by Crippen LogP contribution is -2.46. The number of carbonyl (C=O) groups is 1. The summed E-state index contributed by atoms with van der Waals surface area (Å²) in [6.45, 7) is 3.09. The molecule has 5 rings (SSSR count). The Morgan fingerprint density at radius 1 is 0.889 bits per heavy atom. The molecule has 0 saturated heterocycles. The zero-order chi connectivity index (χ0) is 25.1. The second-order valence-corrected chi connectivity index (χ2v) is 12.3. The fourth-order valence-corrected chi connectivity index (χ4v) is 7.85. The van der Waals surface area contributed by atoms with E-state index in [0.29, 0.717) is 31.8 Å². The third-order valence-electron chi connectivity index (χ3n) is 8.97. The van der Waals surface area contributed by atoms with Crippen LogP contribution < -0.4 is 5.32 Å². The standard InChI is InChI=1S/C31H48ClNO3/c32-12-6-1-2-7-14-35-16-17-36-15-13-33-30(34)29(21-25-8-4-3-5-9-25)10-11-31-22-26-18-27(23-31)20-28(19-26)24-31/h3-5,8-9,26-29H,1-2,6-7,10-24H2,(H,33,34). The van der Waals surface area contributed by atoms with Crippen molar-refractivity contribution in [1.29, 1.82) is 0 Å². The van der Waals surface area contributed by atoms with Crippen molar-refractivity contribution in [3.8, 4) is 0 Å². The highest BCUT2D eigenvalue weighted by atomic mass is 35.5. The minimum Gasteiger partial charge on any atom is -0.379 e. The highest BCUT2D eigenvalue weighted by Gasteiger charge is 2.50. The number of hydrogen-bond donors (Lipinski definition) is 1. The first-order valence-electron chi connectivity index (χ1n) is 14.7. The van der Waals surface area contributed by atoms with Gasteiger partial charge in [-0.1, -0.05) is 43.2 Å². The normalized spacial score (nSPS) is 27.3. The Hall–Kier alpha value is -1.10. The third-order valence-corrected chi connectivity index (χ3v) is 9.24. The third kappa shape index (κ3) is 8.74. The van der Waals surface area contributed by atoms with Crippen molar-refractivity contribution in [1.82, 2.24) is 5.32 Å². The molecule has 4 bridgehead atoms. The number of hydrogen-bond acceptors (Lipinski definition) is 3. The van der Waals surface area contributed by atoms with Crippen LogP contribution in [0.3, 0.4) is 0 Å². The molecular weight excluding hydrogens is 470 g/mol. The molecule has 0 aliphatic heterocycles. The van der Waals surface area contributed by atoms with Crippen LogP contribution in [0.2, 0.25) is 0 Å². The van der Waals surface area contributed by atoms with Crippen LogP contribution in [0.25, 0.3) is 0 Å². The average molecular weight is 518 g/mol. The van der Waals surface area contributed by atoms with Crippen LogP contribution in [-0.2, 0) is 20.7 Å². The topological polar surface area (TPSA) is 47.6 Å². The van der Waals surface area contributed by atoms with Gasteiger partial charge in [-0.3, -0.25) is 4.79 Å². The minimum atomic E-state index is 0.0440. The highest BCUT2D eigenvalue weighted by molar-refractivity contribution is 6.17. The summed E-state index contributed by atoms with van der Waals surface area (Å²) in [5.74, 6) is 3.89. The lowest BCUT2D eigenvalue weighted by atomic mass is 9.48. The molecule has 5 heteroatoms. The zero-order valence-corrected chi connectivity index (χ0v) is 23.0. The van der Waals surface area contributed by atoms with E-state index < -0.39 is 0 Å². The van der Waals surface area contributed by atoms with Crippen LogP contribution in [0.4, 0.5) is 0 Å². The SMILES string of the molecule is O=C(NCCOCCOCCCCCCCl)C(CCC12CC3CC(CC(C3)C1)C2)Cc1ccccc1. The van der Waals surface area contributed by atoms with Gasteiger partial charge in [0.25, 0.3) is 0 Å². The summed E-state index contributed by atoms with van der Waals surface area (Å²) in [5, 5.41) is 3.18. The van der Waals surface area contributed by atoms with E-state index in [9.17, 15) is 4.79 Å². The summed E-state index contributed by atoms with van der Waals surface area (Å²) < 4.78 is 11.3. The van der Waals surface area contributed by atoms with Crippen LogP contribution in [0.5, 0.6) is 0 Å². The maximum Gasteiger partial charge on any atom is 0.223 e. The molecule has 202 valence electrons. The Balaban J connectivity index is 1.16. The van der Waals surface area contributed by atoms with Gasteiger partial charge in [0.05, 0.1) is 19.8 Å². The lowest BCUT2D eigenvalue weighted by molar-refractivity contribution is -0.126. The number of nitrogens with one attached hydrogen (secondary N) is 1. The first kappa shape index (κ1) is 27.9. The number of benzene rings is 1. The Morgan fingerprint density at radius 2 is 1.53 bits per heavy atom. The van der Waals surface area contributed by atoms with Crippen LogP contribution in [0.15, 0.2) is 30.3 Å². The van der Waals surface area contributed by atoms with E-state index in [4.69, 9.17) is 21.1 Å². The van der Waals surface area contributed by atoms with Crippen LogP contribution in [0, 0.1) is 29.1 Å². The van der Waals surface area contributed by atoms with Crippen LogP contribution in [0.1, 0.15) is 82.6 Å². The Kier molecular flexibility index (Phi) is 11.4. The van der Waals surface area contributed by atoms with Gasteiger partial charge in [-0.25, -0.2) is 0 Å². The fraction of sp³-hybridized carbons (Fsp3) is 0.774. The lowest BCUT2D eigenvalue weighted by Gasteiger charge is -2.57. The molecule has 4 nitrogen and oxygen atoms in total. The summed E-state index contributed by atoms with van der Waals surface area (Å²) >= 11 is 5.70. The molecule has 0 aromatic heterocycles. The van der Waals surface area contributed by atoms with E-state index >= 15 is 0 Å². The van der Waals surface area contributed by atoms with Gasteiger partial charge in [0.1, 0.15) is 0 Å². The van der Waals surface area contributed by atoms with Gasteiger partial charge in [0, 0.05) is 24.9 Å². The highest BCUT2D eigenvalue weighted by Crippen LogP contribution is 2.61. The van der Waals surface area contributed by atoms with E-state index in [1.807, 2.05) is 0 Å². The summed E-state index contributed by atoms with van der Waals surface area (Å²) in [5.41, 5.74) is 1.79. The number of ether oxygens (including phenoxy) is 2. The van der Waals surface area contributed by atoms with Gasteiger partial charge < -0.3 is 14.8 Å². The molecule has 0 heterocycles. The Labute approximate surface area is 224 Å². The van der Waals surface area contributed by atoms with E-state index in [1.54, 1.807) is 0 Å². The van der Waals surface area contributed by atoms with Gasteiger partial charge in [-0.2, -0.15) is 0 Å². The van der Waals surface area contributed by atoms with Gasteiger partial charge in [-0.15, -0.1) is 11.6 Å². The summed E-state index contributed by atoms with van der Waals surface area (Å²) in [6, 6.07) is 10.5. The molecule has 4 saturated carbocycles. The molecule has 1 unspecified atom stereocenters. The number of carbonyl (C=O) groups excluding carboxylic acids is 1. The molecule has 1 amide bonds. The van der Waals surface area contributed by atoms with E-state index in [0.717, 1.165) is 55.9 Å². The van der Waals surface area contributed by atoms with Crippen molar-refractivity contribution >= 4 is 17.5 Å². The molecular formula is C31H48ClNO3. The number of rotatable bonds is 18. The minimum absolute atomic E-state index is 0.0440. The first-order valence-corrected chi connectivity index (χ1v) is 15.2. The van der Waals surface area contributed by atoms with E-state index in [1.165, 1.54) is 63.4 Å². The monoisotopic (exact) mass is 517 g/mol. The van der Waals surface area contributed by atoms with E-state index in [-0.39, 0.29) is 11.8 Å². The number of unbranched alkanes of at least 4 members (excludes halogenated alkanes) is 3. The van der Waals surface area contributed by atoms with Gasteiger partial charge in [0.2, 0.25) is 5.91 Å². The van der Waals surface area contributed by atoms with Crippen molar-refractivity contribution < 1.29 is 14.3 Å². The number of alkyl halides is 1. The Morgan fingerprint density at radius 3 is 2.19 bits per heavy atom. The second kappa shape index (κ2) is 14.7. The summed E-state index contributed by atoms with van der Waals surface area (Å²) in [7, 11) is 0. The van der Waals surface area contributed by atoms with Gasteiger partial charge in [0.15, 0.2) is 0 Å². The predicted molar refractivity (Wildman–Crippen MR) is 147 cm³/mol. The largest absolute Gasteiger partial charge is 0.379 e. The number of halogens is 1. The molecule has 1 aromatic rings. The van der Waals surface area contributed by atoms with Crippen molar-refractivity contribution in [2.24, 2.45) is 29.1 Å². The molecule has 4 aliphatic carbocycles. The molecule has 1 N–H and O–H groups in total.